The minimum Gasteiger partial charge on any atom is -0.373 e. The number of hydrogen-bond acceptors (Lipinski definition) is 7. The number of nitrogens with one attached hydrogen (secondary N) is 2. The molecule has 1 atom stereocenters. The maximum Gasteiger partial charge on any atom is 0.215 e. The molecule has 2 N–H and O–H groups in total. The molecule has 1 aliphatic heterocycles. The van der Waals surface area contributed by atoms with Crippen LogP contribution >= 0.6 is 11.3 Å². The Kier molecular flexibility index (Phi) is 4.84. The minimum atomic E-state index is -0.268. The van der Waals surface area contributed by atoms with Crippen molar-refractivity contribution in [3.05, 3.63) is 48.4 Å². The number of halogens is 1. The van der Waals surface area contributed by atoms with Crippen LogP contribution in [-0.4, -0.2) is 52.3 Å². The van der Waals surface area contributed by atoms with Gasteiger partial charge in [-0.1, -0.05) is 11.3 Å². The van der Waals surface area contributed by atoms with E-state index >= 15 is 0 Å². The Balaban J connectivity index is 1.67. The summed E-state index contributed by atoms with van der Waals surface area (Å²) in [6, 6.07) is 10.8. The van der Waals surface area contributed by atoms with Gasteiger partial charge in [0.05, 0.1) is 0 Å². The maximum absolute atomic E-state index is 13.5. The van der Waals surface area contributed by atoms with Crippen LogP contribution in [0.15, 0.2) is 42.6 Å². The van der Waals surface area contributed by atoms with Gasteiger partial charge in [-0.2, -0.15) is 0 Å². The van der Waals surface area contributed by atoms with E-state index in [-0.39, 0.29) is 5.82 Å². The number of hydrogen-bond donors (Lipinski definition) is 2. The molecule has 0 unspecified atom stereocenters. The summed E-state index contributed by atoms with van der Waals surface area (Å²) >= 11 is 1.58. The van der Waals surface area contributed by atoms with Gasteiger partial charge < -0.3 is 15.5 Å². The summed E-state index contributed by atoms with van der Waals surface area (Å²) in [5, 5.41) is 12.4. The van der Waals surface area contributed by atoms with Crippen LogP contribution in [0.2, 0.25) is 0 Å². The summed E-state index contributed by atoms with van der Waals surface area (Å²) < 4.78 is 15.4. The van der Waals surface area contributed by atoms with E-state index in [2.05, 4.69) is 27.4 Å². The number of imidazole rings is 1. The van der Waals surface area contributed by atoms with Gasteiger partial charge in [0, 0.05) is 50.0 Å². The van der Waals surface area contributed by atoms with Crippen molar-refractivity contribution in [3.63, 3.8) is 0 Å². The highest BCUT2D eigenvalue weighted by atomic mass is 32.1. The van der Waals surface area contributed by atoms with E-state index in [1.54, 1.807) is 29.7 Å². The molecule has 0 saturated carbocycles. The van der Waals surface area contributed by atoms with E-state index in [0.29, 0.717) is 6.04 Å². The van der Waals surface area contributed by atoms with Crippen molar-refractivity contribution in [2.24, 2.45) is 0 Å². The fraction of sp³-hybridized carbons (Fsp3) is 0.286. The quantitative estimate of drug-likeness (QED) is 0.524. The molecule has 1 fully saturated rings. The van der Waals surface area contributed by atoms with Crippen LogP contribution in [0.5, 0.6) is 0 Å². The summed E-state index contributed by atoms with van der Waals surface area (Å²) in [5.74, 6) is 0.495. The van der Waals surface area contributed by atoms with Gasteiger partial charge in [-0.25, -0.2) is 18.9 Å². The first kappa shape index (κ1) is 19.0. The molecule has 1 saturated heterocycles. The fourth-order valence-electron chi connectivity index (χ4n) is 3.75. The fourth-order valence-corrected chi connectivity index (χ4v) is 4.69. The molecular formula is C21H22FN7S. The number of piperazine rings is 1. The van der Waals surface area contributed by atoms with Gasteiger partial charge in [-0.3, -0.25) is 0 Å². The molecule has 0 bridgehead atoms. The van der Waals surface area contributed by atoms with E-state index in [0.717, 1.165) is 58.1 Å². The largest absolute Gasteiger partial charge is 0.373 e. The lowest BCUT2D eigenvalue weighted by atomic mass is 10.1. The Morgan fingerprint density at radius 2 is 2.03 bits per heavy atom. The third-order valence-electron chi connectivity index (χ3n) is 5.24. The Morgan fingerprint density at radius 3 is 2.80 bits per heavy atom. The van der Waals surface area contributed by atoms with Gasteiger partial charge in [0.1, 0.15) is 23.0 Å². The van der Waals surface area contributed by atoms with Crippen molar-refractivity contribution in [2.75, 3.05) is 36.9 Å². The highest BCUT2D eigenvalue weighted by Gasteiger charge is 2.24. The molecule has 0 aliphatic carbocycles. The monoisotopic (exact) mass is 423 g/mol. The molecule has 7 nitrogen and oxygen atoms in total. The van der Waals surface area contributed by atoms with Crippen LogP contribution in [-0.2, 0) is 0 Å². The van der Waals surface area contributed by atoms with Crippen LogP contribution < -0.4 is 15.5 Å². The van der Waals surface area contributed by atoms with E-state index in [4.69, 9.17) is 10.1 Å². The summed E-state index contributed by atoms with van der Waals surface area (Å²) in [4.78, 5) is 12.3. The lowest BCUT2D eigenvalue weighted by molar-refractivity contribution is 0.483. The average Bonchev–Trinajstić information content (AvgIpc) is 3.32. The molecule has 0 spiro atoms. The average molecular weight is 424 g/mol. The smallest absolute Gasteiger partial charge is 0.215 e. The first-order valence-electron chi connectivity index (χ1n) is 9.90. The number of pyridine rings is 1. The SMILES string of the molecule is CNc1cc(-c2c(-c3ccc(F)cc3)nc3sc(N4CCN[C@H](C)C4)nn23)ccn1. The van der Waals surface area contributed by atoms with Gasteiger partial charge in [0.2, 0.25) is 10.1 Å². The minimum absolute atomic E-state index is 0.268. The van der Waals surface area contributed by atoms with Gasteiger partial charge in [0.25, 0.3) is 0 Å². The van der Waals surface area contributed by atoms with E-state index in [1.165, 1.54) is 12.1 Å². The second kappa shape index (κ2) is 7.66. The second-order valence-electron chi connectivity index (χ2n) is 7.38. The third kappa shape index (κ3) is 3.40. The van der Waals surface area contributed by atoms with Crippen LogP contribution in [0.4, 0.5) is 15.3 Å². The van der Waals surface area contributed by atoms with Gasteiger partial charge in [-0.05, 0) is 43.3 Å². The van der Waals surface area contributed by atoms with Crippen molar-refractivity contribution >= 4 is 27.2 Å². The highest BCUT2D eigenvalue weighted by molar-refractivity contribution is 7.20. The normalized spacial score (nSPS) is 16.9. The summed E-state index contributed by atoms with van der Waals surface area (Å²) in [7, 11) is 1.84. The number of rotatable bonds is 4. The van der Waals surface area contributed by atoms with E-state index in [1.807, 2.05) is 23.7 Å². The first-order chi connectivity index (χ1) is 14.6. The van der Waals surface area contributed by atoms with Gasteiger partial charge in [-0.15, -0.1) is 5.10 Å². The summed E-state index contributed by atoms with van der Waals surface area (Å²) in [6.07, 6.45) is 1.76. The zero-order valence-corrected chi connectivity index (χ0v) is 17.6. The van der Waals surface area contributed by atoms with Crippen molar-refractivity contribution in [1.29, 1.82) is 0 Å². The molecule has 0 radical (unpaired) electrons. The number of nitrogens with zero attached hydrogens (tertiary/aromatic N) is 5. The zero-order valence-electron chi connectivity index (χ0n) is 16.8. The van der Waals surface area contributed by atoms with Crippen LogP contribution in [0.25, 0.3) is 27.5 Å². The lowest BCUT2D eigenvalue weighted by Gasteiger charge is -2.31. The highest BCUT2D eigenvalue weighted by Crippen LogP contribution is 2.36. The molecule has 1 aliphatic rings. The van der Waals surface area contributed by atoms with E-state index < -0.39 is 0 Å². The van der Waals surface area contributed by atoms with E-state index in [9.17, 15) is 4.39 Å². The molecular weight excluding hydrogens is 401 g/mol. The van der Waals surface area contributed by atoms with Crippen molar-refractivity contribution in [1.82, 2.24) is 24.9 Å². The molecule has 30 heavy (non-hydrogen) atoms. The molecule has 4 aromatic rings. The topological polar surface area (TPSA) is 70.4 Å². The molecule has 9 heteroatoms. The summed E-state index contributed by atoms with van der Waals surface area (Å²) in [6.45, 7) is 4.95. The number of aromatic nitrogens is 4. The zero-order chi connectivity index (χ0) is 20.7. The molecule has 154 valence electrons. The Hall–Kier alpha value is -3.04. The van der Waals surface area contributed by atoms with Crippen LogP contribution in [0, 0.1) is 5.82 Å². The second-order valence-corrected chi connectivity index (χ2v) is 8.31. The van der Waals surface area contributed by atoms with Gasteiger partial charge >= 0.3 is 0 Å². The molecule has 1 aromatic carbocycles. The summed E-state index contributed by atoms with van der Waals surface area (Å²) in [5.41, 5.74) is 3.46. The van der Waals surface area contributed by atoms with Crippen molar-refractivity contribution in [2.45, 2.75) is 13.0 Å². The molecule has 4 heterocycles. The molecule has 3 aromatic heterocycles. The predicted octanol–water partition coefficient (Wildman–Crippen LogP) is 3.50. The lowest BCUT2D eigenvalue weighted by Crippen LogP contribution is -2.49. The number of benzene rings is 1. The van der Waals surface area contributed by atoms with Crippen LogP contribution in [0.3, 0.4) is 0 Å². The number of anilines is 2. The standard InChI is InChI=1S/C21H22FN7S/c1-13-12-28(10-9-24-13)21-27-29-19(15-7-8-25-17(11-15)23-2)18(26-20(29)30-21)14-3-5-16(22)6-4-14/h3-8,11,13,24H,9-10,12H2,1-2H3,(H,23,25)/t13-/m1/s1. The Bertz CT molecular complexity index is 1180. The van der Waals surface area contributed by atoms with Crippen molar-refractivity contribution < 1.29 is 4.39 Å². The predicted molar refractivity (Wildman–Crippen MR) is 119 cm³/mol. The first-order valence-corrected chi connectivity index (χ1v) is 10.7. The maximum atomic E-state index is 13.5. The Morgan fingerprint density at radius 1 is 1.20 bits per heavy atom. The molecule has 0 amide bonds. The molecule has 5 rings (SSSR count). The van der Waals surface area contributed by atoms with Crippen LogP contribution in [0.1, 0.15) is 6.92 Å². The van der Waals surface area contributed by atoms with Crippen molar-refractivity contribution in [3.8, 4) is 22.5 Å². The Labute approximate surface area is 177 Å². The third-order valence-corrected chi connectivity index (χ3v) is 6.21. The number of fused-ring (bicyclic) bond motifs is 1. The van der Waals surface area contributed by atoms with Gasteiger partial charge in [0.15, 0.2) is 0 Å².